The summed E-state index contributed by atoms with van der Waals surface area (Å²) < 4.78 is 1.68. The fraction of sp³-hybridized carbons (Fsp3) is 0.278. The van der Waals surface area contributed by atoms with Crippen LogP contribution in [-0.2, 0) is 0 Å². The standard InChI is InChI=1S/C18H19N5O2/c19-17(25)15-16(12-4-2-1-3-5-12)22-23-13(10-14(24)21-18(15)23)11-6-8-20-9-7-11/h1-5,10-11,20H,6-9H2,(H2,19,25)(H,21,24). The zero-order valence-corrected chi connectivity index (χ0v) is 13.7. The monoisotopic (exact) mass is 337 g/mol. The van der Waals surface area contributed by atoms with Crippen LogP contribution in [0.5, 0.6) is 0 Å². The highest BCUT2D eigenvalue weighted by Crippen LogP contribution is 2.29. The number of nitrogens with one attached hydrogen (secondary N) is 2. The van der Waals surface area contributed by atoms with E-state index in [0.717, 1.165) is 37.2 Å². The van der Waals surface area contributed by atoms with Gasteiger partial charge in [0.25, 0.3) is 11.5 Å². The van der Waals surface area contributed by atoms with Crippen molar-refractivity contribution >= 4 is 11.6 Å². The molecule has 1 saturated heterocycles. The SMILES string of the molecule is NC(=O)c1c(-c2ccccc2)nn2c(C3CCNCC3)cc(=O)[nH]c12. The van der Waals surface area contributed by atoms with Crippen molar-refractivity contribution in [2.75, 3.05) is 13.1 Å². The minimum Gasteiger partial charge on any atom is -0.365 e. The zero-order valence-electron chi connectivity index (χ0n) is 13.7. The molecule has 1 aliphatic rings. The summed E-state index contributed by atoms with van der Waals surface area (Å²) in [5.74, 6) is -0.387. The Hall–Kier alpha value is -2.93. The average Bonchev–Trinajstić information content (AvgIpc) is 3.02. The Kier molecular flexibility index (Phi) is 3.85. The van der Waals surface area contributed by atoms with E-state index in [2.05, 4.69) is 15.4 Å². The number of aromatic nitrogens is 3. The van der Waals surface area contributed by atoms with Gasteiger partial charge in [-0.15, -0.1) is 0 Å². The summed E-state index contributed by atoms with van der Waals surface area (Å²) in [4.78, 5) is 27.0. The summed E-state index contributed by atoms with van der Waals surface area (Å²) in [7, 11) is 0. The summed E-state index contributed by atoms with van der Waals surface area (Å²) in [5.41, 5.74) is 8.09. The molecule has 3 heterocycles. The van der Waals surface area contributed by atoms with E-state index in [1.807, 2.05) is 30.3 Å². The molecule has 7 heteroatoms. The molecule has 1 fully saturated rings. The van der Waals surface area contributed by atoms with E-state index in [0.29, 0.717) is 11.3 Å². The Morgan fingerprint density at radius 3 is 2.60 bits per heavy atom. The van der Waals surface area contributed by atoms with Crippen LogP contribution in [0.3, 0.4) is 0 Å². The summed E-state index contributed by atoms with van der Waals surface area (Å²) in [6, 6.07) is 11.0. The molecule has 7 nitrogen and oxygen atoms in total. The third-order valence-electron chi connectivity index (χ3n) is 4.70. The van der Waals surface area contributed by atoms with Crippen molar-refractivity contribution in [2.24, 2.45) is 5.73 Å². The molecular weight excluding hydrogens is 318 g/mol. The van der Waals surface area contributed by atoms with Gasteiger partial charge in [-0.2, -0.15) is 5.10 Å². The number of hydrogen-bond acceptors (Lipinski definition) is 4. The largest absolute Gasteiger partial charge is 0.365 e. The second kappa shape index (κ2) is 6.18. The lowest BCUT2D eigenvalue weighted by atomic mass is 9.94. The van der Waals surface area contributed by atoms with Crippen LogP contribution in [0.15, 0.2) is 41.2 Å². The molecule has 3 aromatic rings. The van der Waals surface area contributed by atoms with E-state index < -0.39 is 5.91 Å². The molecule has 1 aromatic carbocycles. The van der Waals surface area contributed by atoms with Gasteiger partial charge in [0.05, 0.1) is 5.69 Å². The van der Waals surface area contributed by atoms with Gasteiger partial charge in [0.15, 0.2) is 0 Å². The van der Waals surface area contributed by atoms with Crippen LogP contribution in [0.4, 0.5) is 0 Å². The summed E-state index contributed by atoms with van der Waals surface area (Å²) in [6.07, 6.45) is 1.84. The molecule has 0 unspecified atom stereocenters. The summed E-state index contributed by atoms with van der Waals surface area (Å²) >= 11 is 0. The van der Waals surface area contributed by atoms with E-state index in [9.17, 15) is 9.59 Å². The van der Waals surface area contributed by atoms with Crippen LogP contribution in [-0.4, -0.2) is 33.6 Å². The first-order valence-electron chi connectivity index (χ1n) is 8.37. The lowest BCUT2D eigenvalue weighted by Crippen LogP contribution is -2.28. The van der Waals surface area contributed by atoms with Crippen molar-refractivity contribution in [3.8, 4) is 11.3 Å². The van der Waals surface area contributed by atoms with Gasteiger partial charge < -0.3 is 16.0 Å². The first-order valence-corrected chi connectivity index (χ1v) is 8.37. The zero-order chi connectivity index (χ0) is 17.4. The minimum atomic E-state index is -0.605. The number of nitrogens with two attached hydrogens (primary N) is 1. The smallest absolute Gasteiger partial charge is 0.254 e. The van der Waals surface area contributed by atoms with Crippen molar-refractivity contribution in [1.29, 1.82) is 0 Å². The predicted molar refractivity (Wildman–Crippen MR) is 94.6 cm³/mol. The molecule has 4 N–H and O–H groups in total. The first-order chi connectivity index (χ1) is 12.1. The Labute approximate surface area is 143 Å². The Morgan fingerprint density at radius 2 is 1.92 bits per heavy atom. The second-order valence-corrected chi connectivity index (χ2v) is 6.30. The van der Waals surface area contributed by atoms with Crippen molar-refractivity contribution in [2.45, 2.75) is 18.8 Å². The Balaban J connectivity index is 2.00. The molecule has 0 aliphatic carbocycles. The third kappa shape index (κ3) is 2.72. The number of benzene rings is 1. The van der Waals surface area contributed by atoms with E-state index in [4.69, 9.17) is 5.73 Å². The van der Waals surface area contributed by atoms with Crippen LogP contribution in [0.2, 0.25) is 0 Å². The highest BCUT2D eigenvalue weighted by molar-refractivity contribution is 6.04. The van der Waals surface area contributed by atoms with Crippen LogP contribution in [0.1, 0.15) is 34.8 Å². The maximum atomic E-state index is 12.2. The van der Waals surface area contributed by atoms with Crippen molar-refractivity contribution in [1.82, 2.24) is 19.9 Å². The van der Waals surface area contributed by atoms with Gasteiger partial charge in [0.1, 0.15) is 16.9 Å². The molecule has 0 atom stereocenters. The number of amides is 1. The normalized spacial score (nSPS) is 15.5. The molecule has 1 aliphatic heterocycles. The number of piperidine rings is 1. The Morgan fingerprint density at radius 1 is 1.20 bits per heavy atom. The predicted octanol–water partition coefficient (Wildman–Crippen LogP) is 1.26. The van der Waals surface area contributed by atoms with E-state index >= 15 is 0 Å². The number of nitrogens with zero attached hydrogens (tertiary/aromatic N) is 2. The molecule has 0 radical (unpaired) electrons. The quantitative estimate of drug-likeness (QED) is 0.669. The van der Waals surface area contributed by atoms with Gasteiger partial charge in [0.2, 0.25) is 0 Å². The molecule has 128 valence electrons. The molecule has 1 amide bonds. The number of primary amides is 1. The number of carbonyl (C=O) groups excluding carboxylic acids is 1. The highest BCUT2D eigenvalue weighted by Gasteiger charge is 2.25. The lowest BCUT2D eigenvalue weighted by molar-refractivity contribution is 0.100. The van der Waals surface area contributed by atoms with Crippen molar-refractivity contribution in [3.63, 3.8) is 0 Å². The number of rotatable bonds is 3. The van der Waals surface area contributed by atoms with Gasteiger partial charge in [-0.05, 0) is 25.9 Å². The number of aromatic amines is 1. The van der Waals surface area contributed by atoms with Gasteiger partial charge in [-0.1, -0.05) is 30.3 Å². The number of fused-ring (bicyclic) bond motifs is 1. The first kappa shape index (κ1) is 15.6. The summed E-state index contributed by atoms with van der Waals surface area (Å²) in [6.45, 7) is 1.79. The highest BCUT2D eigenvalue weighted by atomic mass is 16.1. The maximum absolute atomic E-state index is 12.2. The lowest BCUT2D eigenvalue weighted by Gasteiger charge is -2.23. The topological polar surface area (TPSA) is 105 Å². The summed E-state index contributed by atoms with van der Waals surface area (Å²) in [5, 5.41) is 7.96. The number of carbonyl (C=O) groups is 1. The fourth-order valence-electron chi connectivity index (χ4n) is 3.51. The van der Waals surface area contributed by atoms with E-state index in [-0.39, 0.29) is 17.0 Å². The molecule has 25 heavy (non-hydrogen) atoms. The van der Waals surface area contributed by atoms with Crippen molar-refractivity contribution in [3.05, 3.63) is 58.0 Å². The van der Waals surface area contributed by atoms with Crippen LogP contribution in [0.25, 0.3) is 16.9 Å². The molecular formula is C18H19N5O2. The maximum Gasteiger partial charge on any atom is 0.254 e. The van der Waals surface area contributed by atoms with Gasteiger partial charge >= 0.3 is 0 Å². The molecule has 0 saturated carbocycles. The molecule has 0 bridgehead atoms. The number of hydrogen-bond donors (Lipinski definition) is 3. The third-order valence-corrected chi connectivity index (χ3v) is 4.70. The second-order valence-electron chi connectivity index (χ2n) is 6.30. The Bertz CT molecular complexity index is 984. The van der Waals surface area contributed by atoms with E-state index in [1.54, 1.807) is 10.6 Å². The number of H-pyrrole nitrogens is 1. The molecule has 2 aromatic heterocycles. The van der Waals surface area contributed by atoms with Crippen LogP contribution < -0.4 is 16.6 Å². The average molecular weight is 337 g/mol. The fourth-order valence-corrected chi connectivity index (χ4v) is 3.51. The molecule has 4 rings (SSSR count). The van der Waals surface area contributed by atoms with Crippen molar-refractivity contribution < 1.29 is 4.79 Å². The van der Waals surface area contributed by atoms with Gasteiger partial charge in [0, 0.05) is 17.5 Å². The van der Waals surface area contributed by atoms with Gasteiger partial charge in [-0.25, -0.2) is 4.52 Å². The van der Waals surface area contributed by atoms with E-state index in [1.165, 1.54) is 0 Å². The minimum absolute atomic E-state index is 0.218. The van der Waals surface area contributed by atoms with Crippen LogP contribution in [0, 0.1) is 0 Å². The molecule has 0 spiro atoms. The van der Waals surface area contributed by atoms with Crippen LogP contribution >= 0.6 is 0 Å². The van der Waals surface area contributed by atoms with Gasteiger partial charge in [-0.3, -0.25) is 9.59 Å².